The topological polar surface area (TPSA) is 109 Å². The van der Waals surface area contributed by atoms with E-state index < -0.39 is 4.92 Å². The Hall–Kier alpha value is -4.42. The number of thiazole rings is 1. The van der Waals surface area contributed by atoms with Crippen LogP contribution in [0.15, 0.2) is 88.5 Å². The van der Waals surface area contributed by atoms with E-state index in [1.165, 1.54) is 23.5 Å². The van der Waals surface area contributed by atoms with Gasteiger partial charge in [0.15, 0.2) is 0 Å². The fraction of sp³-hybridized carbons (Fsp3) is 0. The van der Waals surface area contributed by atoms with Gasteiger partial charge in [-0.25, -0.2) is 9.67 Å². The lowest BCUT2D eigenvalue weighted by atomic mass is 10.1. The Bertz CT molecular complexity index is 1370. The molecule has 0 saturated heterocycles. The monoisotopic (exact) mass is 426 g/mol. The molecule has 0 N–H and O–H groups in total. The molecule has 0 aliphatic heterocycles. The van der Waals surface area contributed by atoms with Crippen molar-refractivity contribution in [1.29, 1.82) is 5.26 Å². The predicted molar refractivity (Wildman–Crippen MR) is 118 cm³/mol. The number of benzene rings is 2. The minimum atomic E-state index is -0.429. The molecule has 0 fully saturated rings. The van der Waals surface area contributed by atoms with E-state index in [4.69, 9.17) is 5.26 Å². The molecule has 0 saturated carbocycles. The van der Waals surface area contributed by atoms with Crippen LogP contribution in [0.3, 0.4) is 0 Å². The number of nitro groups is 1. The summed E-state index contributed by atoms with van der Waals surface area (Å²) in [6.07, 6.45) is 4.96. The van der Waals surface area contributed by atoms with E-state index in [9.17, 15) is 10.1 Å². The smallest absolute Gasteiger partial charge is 0.262 e. The average molecular weight is 426 g/mol. The number of non-ortho nitro benzene ring substituents is 1. The number of pyridine rings is 1. The van der Waals surface area contributed by atoms with Crippen molar-refractivity contribution in [2.24, 2.45) is 10.1 Å². The summed E-state index contributed by atoms with van der Waals surface area (Å²) in [6.45, 7) is 0. The van der Waals surface area contributed by atoms with Crippen LogP contribution in [0.1, 0.15) is 11.1 Å². The summed E-state index contributed by atoms with van der Waals surface area (Å²) in [4.78, 5) is 20.0. The maximum absolute atomic E-state index is 11.2. The summed E-state index contributed by atoms with van der Waals surface area (Å²) in [5, 5.41) is 26.6. The highest BCUT2D eigenvalue weighted by molar-refractivity contribution is 7.07. The molecule has 0 radical (unpaired) electrons. The van der Waals surface area contributed by atoms with Crippen LogP contribution in [-0.2, 0) is 0 Å². The van der Waals surface area contributed by atoms with Crippen molar-refractivity contribution in [3.05, 3.63) is 104 Å². The maximum atomic E-state index is 11.2. The van der Waals surface area contributed by atoms with E-state index in [0.717, 1.165) is 5.56 Å². The van der Waals surface area contributed by atoms with Crippen LogP contribution in [0.5, 0.6) is 0 Å². The maximum Gasteiger partial charge on any atom is 0.270 e. The van der Waals surface area contributed by atoms with Gasteiger partial charge >= 0.3 is 0 Å². The first-order valence-corrected chi connectivity index (χ1v) is 9.96. The third kappa shape index (κ3) is 4.60. The highest BCUT2D eigenvalue weighted by atomic mass is 32.1. The zero-order valence-corrected chi connectivity index (χ0v) is 16.8. The van der Waals surface area contributed by atoms with Crippen LogP contribution < -0.4 is 4.80 Å². The molecule has 4 aromatic rings. The van der Waals surface area contributed by atoms with Gasteiger partial charge in [0.05, 0.1) is 40.3 Å². The van der Waals surface area contributed by atoms with Gasteiger partial charge in [-0.15, -0.1) is 11.3 Å². The van der Waals surface area contributed by atoms with Crippen molar-refractivity contribution >= 4 is 28.9 Å². The number of nitrogens with zero attached hydrogens (tertiary/aromatic N) is 6. The molecule has 0 aliphatic carbocycles. The molecule has 150 valence electrons. The number of nitro benzene ring substituents is 1. The van der Waals surface area contributed by atoms with Gasteiger partial charge in [0.2, 0.25) is 4.80 Å². The fourth-order valence-electron chi connectivity index (χ4n) is 2.76. The molecule has 2 heterocycles. The number of nitriles is 1. The van der Waals surface area contributed by atoms with Crippen molar-refractivity contribution in [3.8, 4) is 17.3 Å². The Morgan fingerprint density at radius 3 is 2.71 bits per heavy atom. The van der Waals surface area contributed by atoms with E-state index in [1.807, 2.05) is 11.4 Å². The molecule has 2 aromatic carbocycles. The largest absolute Gasteiger partial charge is 0.270 e. The summed E-state index contributed by atoms with van der Waals surface area (Å²) in [6, 6.07) is 19.1. The molecular formula is C22H14N6O2S. The molecule has 0 bridgehead atoms. The lowest BCUT2D eigenvalue weighted by molar-refractivity contribution is -0.384. The Labute approximate surface area is 180 Å². The Morgan fingerprint density at radius 2 is 2.00 bits per heavy atom. The normalized spacial score (nSPS) is 11.5. The van der Waals surface area contributed by atoms with Gasteiger partial charge in [-0.3, -0.25) is 15.1 Å². The van der Waals surface area contributed by atoms with Crippen molar-refractivity contribution in [1.82, 2.24) is 9.66 Å². The second-order valence-corrected chi connectivity index (χ2v) is 7.16. The van der Waals surface area contributed by atoms with Gasteiger partial charge in [-0.2, -0.15) is 10.4 Å². The summed E-state index contributed by atoms with van der Waals surface area (Å²) in [5.41, 5.74) is 3.34. The molecule has 0 aliphatic rings. The third-order valence-electron chi connectivity index (χ3n) is 4.27. The van der Waals surface area contributed by atoms with Gasteiger partial charge in [-0.1, -0.05) is 24.3 Å². The third-order valence-corrected chi connectivity index (χ3v) is 5.09. The fourth-order valence-corrected chi connectivity index (χ4v) is 3.62. The van der Waals surface area contributed by atoms with Crippen LogP contribution in [0.2, 0.25) is 0 Å². The minimum absolute atomic E-state index is 0.00271. The highest BCUT2D eigenvalue weighted by Crippen LogP contribution is 2.25. The number of rotatable bonds is 5. The lowest BCUT2D eigenvalue weighted by Crippen LogP contribution is -2.11. The zero-order valence-electron chi connectivity index (χ0n) is 16.0. The summed E-state index contributed by atoms with van der Waals surface area (Å²) in [7, 11) is 0. The molecule has 0 atom stereocenters. The Kier molecular flexibility index (Phi) is 5.73. The first kappa shape index (κ1) is 19.9. The summed E-state index contributed by atoms with van der Waals surface area (Å²) in [5.74, 6) is 0. The van der Waals surface area contributed by atoms with Crippen molar-refractivity contribution in [3.63, 3.8) is 0 Å². The first-order chi connectivity index (χ1) is 15.1. The minimum Gasteiger partial charge on any atom is -0.262 e. The van der Waals surface area contributed by atoms with Gasteiger partial charge < -0.3 is 0 Å². The van der Waals surface area contributed by atoms with E-state index in [1.54, 1.807) is 65.7 Å². The molecule has 0 amide bonds. The molecular weight excluding hydrogens is 412 g/mol. The zero-order chi connectivity index (χ0) is 21.6. The van der Waals surface area contributed by atoms with Crippen LogP contribution >= 0.6 is 11.3 Å². The first-order valence-electron chi connectivity index (χ1n) is 9.09. The number of hydrogen-bond acceptors (Lipinski definition) is 7. The van der Waals surface area contributed by atoms with Crippen LogP contribution in [0.4, 0.5) is 11.4 Å². The summed E-state index contributed by atoms with van der Waals surface area (Å²) >= 11 is 1.36. The quantitative estimate of drug-likeness (QED) is 0.266. The van der Waals surface area contributed by atoms with Gasteiger partial charge in [0.25, 0.3) is 5.69 Å². The van der Waals surface area contributed by atoms with Crippen molar-refractivity contribution in [2.45, 2.75) is 0 Å². The van der Waals surface area contributed by atoms with Crippen LogP contribution in [0.25, 0.3) is 11.3 Å². The standard InChI is InChI=1S/C22H14N6O2S/c23-12-16-6-8-17(9-7-16)13-25-27-21(18-3-1-5-20(11-18)28(29)30)15-31-22(27)26-19-4-2-10-24-14-19/h1-11,13-15H. The van der Waals surface area contributed by atoms with Crippen LogP contribution in [-0.4, -0.2) is 20.8 Å². The van der Waals surface area contributed by atoms with Crippen molar-refractivity contribution in [2.75, 3.05) is 0 Å². The molecule has 2 aromatic heterocycles. The molecule has 4 rings (SSSR count). The molecule has 0 unspecified atom stereocenters. The van der Waals surface area contributed by atoms with Gasteiger partial charge in [0, 0.05) is 29.3 Å². The van der Waals surface area contributed by atoms with E-state index in [0.29, 0.717) is 27.3 Å². The van der Waals surface area contributed by atoms with Crippen LogP contribution in [0, 0.1) is 21.4 Å². The lowest BCUT2D eigenvalue weighted by Gasteiger charge is -2.04. The number of hydrogen-bond donors (Lipinski definition) is 0. The molecule has 8 nitrogen and oxygen atoms in total. The second-order valence-electron chi connectivity index (χ2n) is 6.32. The molecule has 9 heteroatoms. The Balaban J connectivity index is 1.83. The van der Waals surface area contributed by atoms with E-state index >= 15 is 0 Å². The van der Waals surface area contributed by atoms with Crippen molar-refractivity contribution < 1.29 is 4.92 Å². The predicted octanol–water partition coefficient (Wildman–Crippen LogP) is 4.51. The average Bonchev–Trinajstić information content (AvgIpc) is 3.21. The SMILES string of the molecule is N#Cc1ccc(C=Nn2c(-c3cccc([N+](=O)[O-])c3)csc2=Nc2cccnc2)cc1. The molecule has 0 spiro atoms. The number of aromatic nitrogens is 2. The Morgan fingerprint density at radius 1 is 1.16 bits per heavy atom. The van der Waals surface area contributed by atoms with E-state index in [-0.39, 0.29) is 5.69 Å². The van der Waals surface area contributed by atoms with Gasteiger partial charge in [-0.05, 0) is 29.8 Å². The van der Waals surface area contributed by atoms with E-state index in [2.05, 4.69) is 21.1 Å². The van der Waals surface area contributed by atoms with Gasteiger partial charge in [0.1, 0.15) is 0 Å². The molecule has 31 heavy (non-hydrogen) atoms. The summed E-state index contributed by atoms with van der Waals surface area (Å²) < 4.78 is 1.63. The second kappa shape index (κ2) is 8.94. The highest BCUT2D eigenvalue weighted by Gasteiger charge is 2.12.